The van der Waals surface area contributed by atoms with Crippen LogP contribution in [0.4, 0.5) is 10.5 Å². The van der Waals surface area contributed by atoms with Gasteiger partial charge in [0.25, 0.3) is 5.91 Å². The molecule has 7 heteroatoms. The highest BCUT2D eigenvalue weighted by Crippen LogP contribution is 2.28. The first-order chi connectivity index (χ1) is 20.4. The van der Waals surface area contributed by atoms with Crippen LogP contribution in [0.5, 0.6) is 0 Å². The van der Waals surface area contributed by atoms with Crippen LogP contribution < -0.4 is 10.6 Å². The molecule has 4 aromatic rings. The number of benzene rings is 4. The summed E-state index contributed by atoms with van der Waals surface area (Å²) in [5.41, 5.74) is 2.39. The molecule has 0 fully saturated rings. The molecule has 0 aromatic heterocycles. The summed E-state index contributed by atoms with van der Waals surface area (Å²) in [7, 11) is 0. The van der Waals surface area contributed by atoms with E-state index in [1.807, 2.05) is 118 Å². The number of fused-ring (bicyclic) bond motifs is 1. The van der Waals surface area contributed by atoms with E-state index in [-0.39, 0.29) is 24.3 Å². The molecule has 0 aliphatic rings. The van der Waals surface area contributed by atoms with Crippen molar-refractivity contribution >= 4 is 34.4 Å². The Kier molecular flexibility index (Phi) is 9.86. The number of carbonyl (C=O) groups excluding carboxylic acids is 3. The number of alkyl carbamates (subject to hydrolysis) is 1. The van der Waals surface area contributed by atoms with Crippen molar-refractivity contribution in [3.05, 3.63) is 114 Å². The van der Waals surface area contributed by atoms with Crippen LogP contribution >= 0.6 is 0 Å². The highest BCUT2D eigenvalue weighted by molar-refractivity contribution is 6.00. The maximum atomic E-state index is 14.5. The van der Waals surface area contributed by atoms with Crippen molar-refractivity contribution in [3.8, 4) is 0 Å². The Morgan fingerprint density at radius 2 is 1.49 bits per heavy atom. The van der Waals surface area contributed by atoms with E-state index in [1.165, 1.54) is 0 Å². The van der Waals surface area contributed by atoms with E-state index in [9.17, 15) is 14.4 Å². The molecule has 2 atom stereocenters. The van der Waals surface area contributed by atoms with Crippen molar-refractivity contribution in [2.75, 3.05) is 5.32 Å². The zero-order valence-electron chi connectivity index (χ0n) is 25.8. The Bertz CT molecular complexity index is 1580. The zero-order chi connectivity index (χ0) is 31.1. The van der Waals surface area contributed by atoms with E-state index in [2.05, 4.69) is 10.6 Å². The number of aryl methyl sites for hydroxylation is 1. The number of carbonyl (C=O) groups is 3. The van der Waals surface area contributed by atoms with Crippen LogP contribution in [0, 0.1) is 6.92 Å². The fourth-order valence-corrected chi connectivity index (χ4v) is 5.12. The smallest absolute Gasteiger partial charge is 0.408 e. The van der Waals surface area contributed by atoms with Gasteiger partial charge in [0, 0.05) is 18.2 Å². The lowest BCUT2D eigenvalue weighted by atomic mass is 9.97. The van der Waals surface area contributed by atoms with Crippen molar-refractivity contribution in [2.24, 2.45) is 0 Å². The Morgan fingerprint density at radius 3 is 2.14 bits per heavy atom. The highest BCUT2D eigenvalue weighted by atomic mass is 16.6. The molecule has 0 spiro atoms. The first-order valence-electron chi connectivity index (χ1n) is 14.6. The molecular weight excluding hydrogens is 538 g/mol. The van der Waals surface area contributed by atoms with Crippen molar-refractivity contribution in [1.29, 1.82) is 0 Å². The first kappa shape index (κ1) is 31.3. The monoisotopic (exact) mass is 579 g/mol. The molecule has 2 N–H and O–H groups in total. The van der Waals surface area contributed by atoms with Gasteiger partial charge in [0.2, 0.25) is 5.91 Å². The van der Waals surface area contributed by atoms with Crippen molar-refractivity contribution in [2.45, 2.75) is 71.7 Å². The Balaban J connectivity index is 1.73. The van der Waals surface area contributed by atoms with E-state index in [4.69, 9.17) is 4.74 Å². The summed E-state index contributed by atoms with van der Waals surface area (Å²) in [5.74, 6) is -0.733. The molecule has 0 radical (unpaired) electrons. The summed E-state index contributed by atoms with van der Waals surface area (Å²) in [5, 5.41) is 7.91. The minimum atomic E-state index is -0.972. The van der Waals surface area contributed by atoms with E-state index < -0.39 is 23.8 Å². The van der Waals surface area contributed by atoms with Gasteiger partial charge in [-0.2, -0.15) is 0 Å². The van der Waals surface area contributed by atoms with Gasteiger partial charge in [-0.3, -0.25) is 9.59 Å². The SMILES string of the molecule is Cc1cccc(C(C(=O)Nc2ccc3ccccc3c2)N(C(=O)C(Cc2ccccc2)NC(=O)OC(C)(C)C)C(C)C)c1. The molecule has 0 bridgehead atoms. The molecule has 0 saturated carbocycles. The number of rotatable bonds is 9. The molecule has 7 nitrogen and oxygen atoms in total. The molecule has 2 unspecified atom stereocenters. The zero-order valence-corrected chi connectivity index (χ0v) is 25.8. The van der Waals surface area contributed by atoms with Gasteiger partial charge in [-0.25, -0.2) is 4.79 Å². The summed E-state index contributed by atoms with van der Waals surface area (Å²) in [4.78, 5) is 43.2. The molecule has 3 amide bonds. The third-order valence-corrected chi connectivity index (χ3v) is 6.98. The summed E-state index contributed by atoms with van der Waals surface area (Å²) in [6.07, 6.45) is -0.465. The van der Waals surface area contributed by atoms with Crippen LogP contribution in [0.3, 0.4) is 0 Å². The molecule has 0 aliphatic heterocycles. The lowest BCUT2D eigenvalue weighted by molar-refractivity contribution is -0.142. The maximum absolute atomic E-state index is 14.5. The van der Waals surface area contributed by atoms with E-state index in [1.54, 1.807) is 25.7 Å². The number of anilines is 1. The molecular formula is C36H41N3O4. The quantitative estimate of drug-likeness (QED) is 0.220. The molecule has 0 heterocycles. The van der Waals surface area contributed by atoms with Crippen LogP contribution in [0.2, 0.25) is 0 Å². The Labute approximate surface area is 254 Å². The van der Waals surface area contributed by atoms with Gasteiger partial charge in [-0.1, -0.05) is 90.5 Å². The lowest BCUT2D eigenvalue weighted by Gasteiger charge is -2.37. The van der Waals surface area contributed by atoms with Crippen LogP contribution in [0.25, 0.3) is 10.8 Å². The molecule has 43 heavy (non-hydrogen) atoms. The predicted molar refractivity (Wildman–Crippen MR) is 172 cm³/mol. The largest absolute Gasteiger partial charge is 0.444 e. The third-order valence-electron chi connectivity index (χ3n) is 6.98. The lowest BCUT2D eigenvalue weighted by Crippen LogP contribution is -2.55. The minimum Gasteiger partial charge on any atom is -0.444 e. The van der Waals surface area contributed by atoms with Gasteiger partial charge in [-0.15, -0.1) is 0 Å². The van der Waals surface area contributed by atoms with E-state index in [0.29, 0.717) is 11.3 Å². The number of nitrogens with one attached hydrogen (secondary N) is 2. The summed E-state index contributed by atoms with van der Waals surface area (Å²) >= 11 is 0. The fraction of sp³-hybridized carbons (Fsp3) is 0.306. The number of hydrogen-bond acceptors (Lipinski definition) is 4. The molecule has 4 aromatic carbocycles. The summed E-state index contributed by atoms with van der Waals surface area (Å²) in [6.45, 7) is 11.0. The van der Waals surface area contributed by atoms with Gasteiger partial charge >= 0.3 is 6.09 Å². The minimum absolute atomic E-state index is 0.231. The topological polar surface area (TPSA) is 87.7 Å². The van der Waals surface area contributed by atoms with Gasteiger partial charge in [0.15, 0.2) is 0 Å². The molecule has 0 saturated heterocycles. The average molecular weight is 580 g/mol. The van der Waals surface area contributed by atoms with Crippen LogP contribution in [-0.2, 0) is 20.7 Å². The van der Waals surface area contributed by atoms with Gasteiger partial charge in [0.1, 0.15) is 17.7 Å². The molecule has 4 rings (SSSR count). The van der Waals surface area contributed by atoms with Crippen LogP contribution in [0.15, 0.2) is 97.1 Å². The maximum Gasteiger partial charge on any atom is 0.408 e. The molecule has 0 aliphatic carbocycles. The standard InChI is InChI=1S/C36H41N3O4/c1-24(2)39(34(41)31(22-26-14-8-7-9-15-26)38-35(42)43-36(4,5)6)32(29-18-12-13-25(3)21-29)33(40)37-30-20-19-27-16-10-11-17-28(27)23-30/h7-21,23-24,31-32H,22H2,1-6H3,(H,37,40)(H,38,42). The normalized spacial score (nSPS) is 12.8. The van der Waals surface area contributed by atoms with E-state index in [0.717, 1.165) is 21.9 Å². The first-order valence-corrected chi connectivity index (χ1v) is 14.6. The highest BCUT2D eigenvalue weighted by Gasteiger charge is 2.38. The predicted octanol–water partition coefficient (Wildman–Crippen LogP) is 7.20. The average Bonchev–Trinajstić information content (AvgIpc) is 2.94. The van der Waals surface area contributed by atoms with Crippen molar-refractivity contribution < 1.29 is 19.1 Å². The Morgan fingerprint density at radius 1 is 0.814 bits per heavy atom. The van der Waals surface area contributed by atoms with Crippen LogP contribution in [0.1, 0.15) is 57.4 Å². The second-order valence-corrected chi connectivity index (χ2v) is 12.1. The van der Waals surface area contributed by atoms with E-state index >= 15 is 0 Å². The fourth-order valence-electron chi connectivity index (χ4n) is 5.12. The summed E-state index contributed by atoms with van der Waals surface area (Å²) in [6, 6.07) is 28.4. The van der Waals surface area contributed by atoms with Gasteiger partial charge < -0.3 is 20.3 Å². The second-order valence-electron chi connectivity index (χ2n) is 12.1. The number of hydrogen-bond donors (Lipinski definition) is 2. The second kappa shape index (κ2) is 13.6. The van der Waals surface area contributed by atoms with Crippen molar-refractivity contribution in [1.82, 2.24) is 10.2 Å². The Hall–Kier alpha value is -4.65. The number of nitrogens with zero attached hydrogens (tertiary/aromatic N) is 1. The van der Waals surface area contributed by atoms with Crippen LogP contribution in [-0.4, -0.2) is 40.5 Å². The number of amides is 3. The molecule has 224 valence electrons. The van der Waals surface area contributed by atoms with Crippen molar-refractivity contribution in [3.63, 3.8) is 0 Å². The summed E-state index contributed by atoms with van der Waals surface area (Å²) < 4.78 is 5.52. The van der Waals surface area contributed by atoms with Gasteiger partial charge in [0.05, 0.1) is 0 Å². The number of ether oxygens (including phenoxy) is 1. The van der Waals surface area contributed by atoms with Gasteiger partial charge in [-0.05, 0) is 75.6 Å². The third kappa shape index (κ3) is 8.44.